The van der Waals surface area contributed by atoms with E-state index in [1.165, 1.54) is 64.6 Å². The lowest BCUT2D eigenvalue weighted by Gasteiger charge is -2.28. The van der Waals surface area contributed by atoms with Crippen LogP contribution in [-0.2, 0) is 0 Å². The van der Waals surface area contributed by atoms with Crippen LogP contribution in [0.15, 0.2) is 0 Å². The largest absolute Gasteiger partial charge is 0.310 e. The highest BCUT2D eigenvalue weighted by Gasteiger charge is 2.14. The number of hydrogen-bond donors (Lipinski definition) is 1. The smallest absolute Gasteiger partial charge is 0.0169 e. The third-order valence-electron chi connectivity index (χ3n) is 4.05. The van der Waals surface area contributed by atoms with Crippen molar-refractivity contribution < 1.29 is 0 Å². The Hall–Kier alpha value is -0.0800. The summed E-state index contributed by atoms with van der Waals surface area (Å²) in [6, 6.07) is 1.42. The molecule has 1 atom stereocenters. The molecule has 2 nitrogen and oxygen atoms in total. The second-order valence-electron chi connectivity index (χ2n) is 5.60. The highest BCUT2D eigenvalue weighted by molar-refractivity contribution is 4.75. The monoisotopic (exact) mass is 240 g/mol. The predicted molar refractivity (Wildman–Crippen MR) is 76.5 cm³/mol. The fourth-order valence-electron chi connectivity index (χ4n) is 2.95. The molecule has 1 N–H and O–H groups in total. The van der Waals surface area contributed by atoms with Gasteiger partial charge in [-0.05, 0) is 32.9 Å². The Labute approximate surface area is 108 Å². The summed E-state index contributed by atoms with van der Waals surface area (Å²) in [5.41, 5.74) is 0. The van der Waals surface area contributed by atoms with Crippen molar-refractivity contribution >= 4 is 0 Å². The molecule has 1 unspecified atom stereocenters. The molecular formula is C15H32N2. The first-order valence-corrected chi connectivity index (χ1v) is 7.74. The number of nitrogens with zero attached hydrogens (tertiary/aromatic N) is 1. The lowest BCUT2D eigenvalue weighted by molar-refractivity contribution is 0.252. The summed E-state index contributed by atoms with van der Waals surface area (Å²) < 4.78 is 0. The molecule has 17 heavy (non-hydrogen) atoms. The molecule has 1 fully saturated rings. The van der Waals surface area contributed by atoms with Gasteiger partial charge in [-0.15, -0.1) is 0 Å². The Morgan fingerprint density at radius 1 is 1.00 bits per heavy atom. The summed E-state index contributed by atoms with van der Waals surface area (Å²) in [7, 11) is 0. The molecule has 0 amide bonds. The van der Waals surface area contributed by atoms with Crippen LogP contribution in [0.4, 0.5) is 0 Å². The zero-order chi connectivity index (χ0) is 12.5. The maximum Gasteiger partial charge on any atom is 0.0169 e. The second-order valence-corrected chi connectivity index (χ2v) is 5.60. The summed E-state index contributed by atoms with van der Waals surface area (Å²) in [6.45, 7) is 10.4. The molecule has 0 bridgehead atoms. The molecule has 0 aliphatic heterocycles. The summed E-state index contributed by atoms with van der Waals surface area (Å²) in [5.74, 6) is 0. The van der Waals surface area contributed by atoms with Crippen molar-refractivity contribution in [2.24, 2.45) is 0 Å². The van der Waals surface area contributed by atoms with Crippen LogP contribution in [0, 0.1) is 0 Å². The van der Waals surface area contributed by atoms with Gasteiger partial charge in [0.1, 0.15) is 0 Å². The fourth-order valence-corrected chi connectivity index (χ4v) is 2.95. The van der Waals surface area contributed by atoms with Crippen LogP contribution in [0.2, 0.25) is 0 Å². The van der Waals surface area contributed by atoms with E-state index in [1.807, 2.05) is 0 Å². The van der Waals surface area contributed by atoms with Gasteiger partial charge in [-0.3, -0.25) is 0 Å². The van der Waals surface area contributed by atoms with Crippen molar-refractivity contribution in [3.8, 4) is 0 Å². The van der Waals surface area contributed by atoms with Crippen LogP contribution in [0.3, 0.4) is 0 Å². The number of likely N-dealkylation sites (N-methyl/N-ethyl adjacent to an activating group) is 1. The van der Waals surface area contributed by atoms with E-state index in [4.69, 9.17) is 0 Å². The maximum absolute atomic E-state index is 3.84. The maximum atomic E-state index is 3.84. The SMILES string of the molecule is CCN(CC)CC(C)NC1CCCCCCC1. The van der Waals surface area contributed by atoms with E-state index >= 15 is 0 Å². The van der Waals surface area contributed by atoms with Crippen LogP contribution in [-0.4, -0.2) is 36.6 Å². The normalized spacial score (nSPS) is 21.2. The summed E-state index contributed by atoms with van der Waals surface area (Å²) in [5, 5.41) is 3.84. The average molecular weight is 240 g/mol. The molecule has 0 spiro atoms. The van der Waals surface area contributed by atoms with E-state index in [0.717, 1.165) is 6.04 Å². The Bertz CT molecular complexity index is 170. The molecule has 0 saturated heterocycles. The van der Waals surface area contributed by atoms with Crippen molar-refractivity contribution in [1.82, 2.24) is 10.2 Å². The molecule has 1 saturated carbocycles. The molecule has 0 heterocycles. The molecule has 0 aromatic heterocycles. The third kappa shape index (κ3) is 6.42. The quantitative estimate of drug-likeness (QED) is 0.765. The van der Waals surface area contributed by atoms with Gasteiger partial charge >= 0.3 is 0 Å². The Balaban J connectivity index is 2.25. The molecular weight excluding hydrogens is 208 g/mol. The minimum absolute atomic E-state index is 0.638. The minimum atomic E-state index is 0.638. The van der Waals surface area contributed by atoms with Crippen LogP contribution >= 0.6 is 0 Å². The van der Waals surface area contributed by atoms with Gasteiger partial charge in [-0.1, -0.05) is 46.0 Å². The van der Waals surface area contributed by atoms with Gasteiger partial charge in [-0.2, -0.15) is 0 Å². The fraction of sp³-hybridized carbons (Fsp3) is 1.00. The first-order chi connectivity index (χ1) is 8.26. The lowest BCUT2D eigenvalue weighted by atomic mass is 9.96. The van der Waals surface area contributed by atoms with Gasteiger partial charge in [0.25, 0.3) is 0 Å². The Morgan fingerprint density at radius 3 is 2.06 bits per heavy atom. The van der Waals surface area contributed by atoms with Crippen LogP contribution in [0.5, 0.6) is 0 Å². The standard InChI is InChI=1S/C15H32N2/c1-4-17(5-2)13-14(3)16-15-11-9-7-6-8-10-12-15/h14-16H,4-13H2,1-3H3. The van der Waals surface area contributed by atoms with Gasteiger partial charge in [0.15, 0.2) is 0 Å². The molecule has 0 aromatic rings. The number of rotatable bonds is 6. The van der Waals surface area contributed by atoms with E-state index < -0.39 is 0 Å². The van der Waals surface area contributed by atoms with Crippen molar-refractivity contribution in [3.05, 3.63) is 0 Å². The second kappa shape index (κ2) is 8.93. The summed E-state index contributed by atoms with van der Waals surface area (Å²) in [4.78, 5) is 2.51. The summed E-state index contributed by atoms with van der Waals surface area (Å²) >= 11 is 0. The van der Waals surface area contributed by atoms with Crippen LogP contribution in [0.1, 0.15) is 65.7 Å². The van der Waals surface area contributed by atoms with E-state index in [0.29, 0.717) is 6.04 Å². The van der Waals surface area contributed by atoms with Crippen molar-refractivity contribution in [2.75, 3.05) is 19.6 Å². The highest BCUT2D eigenvalue weighted by atomic mass is 15.1. The zero-order valence-corrected chi connectivity index (χ0v) is 12.2. The number of nitrogens with one attached hydrogen (secondary N) is 1. The van der Waals surface area contributed by atoms with Crippen LogP contribution < -0.4 is 5.32 Å². The Morgan fingerprint density at radius 2 is 1.53 bits per heavy atom. The molecule has 0 radical (unpaired) electrons. The first kappa shape index (κ1) is 15.0. The topological polar surface area (TPSA) is 15.3 Å². The summed E-state index contributed by atoms with van der Waals surface area (Å²) in [6.07, 6.45) is 9.99. The van der Waals surface area contributed by atoms with Gasteiger partial charge < -0.3 is 10.2 Å². The average Bonchev–Trinajstić information content (AvgIpc) is 2.29. The predicted octanol–water partition coefficient (Wildman–Crippen LogP) is 3.42. The van der Waals surface area contributed by atoms with Gasteiger partial charge in [0.05, 0.1) is 0 Å². The van der Waals surface area contributed by atoms with E-state index in [-0.39, 0.29) is 0 Å². The highest BCUT2D eigenvalue weighted by Crippen LogP contribution is 2.17. The molecule has 2 heteroatoms. The van der Waals surface area contributed by atoms with Gasteiger partial charge in [-0.25, -0.2) is 0 Å². The zero-order valence-electron chi connectivity index (χ0n) is 12.2. The molecule has 1 aliphatic rings. The van der Waals surface area contributed by atoms with E-state index in [2.05, 4.69) is 31.0 Å². The lowest BCUT2D eigenvalue weighted by Crippen LogP contribution is -2.44. The molecule has 102 valence electrons. The van der Waals surface area contributed by atoms with E-state index in [1.54, 1.807) is 0 Å². The molecule has 1 rings (SSSR count). The van der Waals surface area contributed by atoms with Crippen LogP contribution in [0.25, 0.3) is 0 Å². The molecule has 1 aliphatic carbocycles. The first-order valence-electron chi connectivity index (χ1n) is 7.74. The van der Waals surface area contributed by atoms with Crippen molar-refractivity contribution in [3.63, 3.8) is 0 Å². The van der Waals surface area contributed by atoms with Crippen molar-refractivity contribution in [2.45, 2.75) is 77.8 Å². The molecule has 0 aromatic carbocycles. The van der Waals surface area contributed by atoms with Gasteiger partial charge in [0.2, 0.25) is 0 Å². The third-order valence-corrected chi connectivity index (χ3v) is 4.05. The van der Waals surface area contributed by atoms with Crippen molar-refractivity contribution in [1.29, 1.82) is 0 Å². The Kier molecular flexibility index (Phi) is 7.87. The van der Waals surface area contributed by atoms with E-state index in [9.17, 15) is 0 Å². The minimum Gasteiger partial charge on any atom is -0.310 e. The number of hydrogen-bond acceptors (Lipinski definition) is 2. The van der Waals surface area contributed by atoms with Gasteiger partial charge in [0, 0.05) is 18.6 Å².